The number of aliphatic hydroxyl groups is 1. The third kappa shape index (κ3) is 4.68. The Bertz CT molecular complexity index is 235. The van der Waals surface area contributed by atoms with Crippen LogP contribution < -0.4 is 4.90 Å². The van der Waals surface area contributed by atoms with Gasteiger partial charge in [0.25, 0.3) is 0 Å². The quantitative estimate of drug-likeness (QED) is 0.662. The molecule has 0 bridgehead atoms. The Hall–Kier alpha value is -0.520. The second-order valence-corrected chi connectivity index (χ2v) is 5.26. The molecule has 2 nitrogen and oxygen atoms in total. The summed E-state index contributed by atoms with van der Waals surface area (Å²) in [7, 11) is 0. The highest BCUT2D eigenvalue weighted by atomic mass is 16.3. The third-order valence-corrected chi connectivity index (χ3v) is 3.13. The van der Waals surface area contributed by atoms with E-state index in [4.69, 9.17) is 0 Å². The van der Waals surface area contributed by atoms with Gasteiger partial charge in [0.15, 0.2) is 0 Å². The summed E-state index contributed by atoms with van der Waals surface area (Å²) in [6.45, 7) is 15.1. The van der Waals surface area contributed by atoms with E-state index in [9.17, 15) is 5.11 Å². The van der Waals surface area contributed by atoms with Crippen molar-refractivity contribution in [2.45, 2.75) is 47.1 Å². The zero-order valence-electron chi connectivity index (χ0n) is 11.1. The Kier molecular flexibility index (Phi) is 5.34. The fourth-order valence-corrected chi connectivity index (χ4v) is 1.03. The maximum Gasteiger partial charge on any atom is 0.139 e. The van der Waals surface area contributed by atoms with Gasteiger partial charge in [0.2, 0.25) is 0 Å². The van der Waals surface area contributed by atoms with Crippen molar-refractivity contribution >= 4 is 0 Å². The van der Waals surface area contributed by atoms with E-state index in [0.717, 1.165) is 19.6 Å². The number of quaternary nitrogens is 1. The van der Waals surface area contributed by atoms with Gasteiger partial charge in [-0.3, -0.25) is 0 Å². The molecule has 0 aliphatic heterocycles. The lowest BCUT2D eigenvalue weighted by molar-refractivity contribution is -0.889. The fraction of sp³-hybridized carbons (Fsp3) is 0.846. The van der Waals surface area contributed by atoms with Crippen molar-refractivity contribution in [2.75, 3.05) is 19.6 Å². The van der Waals surface area contributed by atoms with Crippen LogP contribution in [0.2, 0.25) is 0 Å². The SMILES string of the molecule is CC[NH+](CC)CC#C[C@](C)(O)C(C)(C)C. The monoisotopic (exact) mass is 212 g/mol. The van der Waals surface area contributed by atoms with Crippen LogP contribution >= 0.6 is 0 Å². The smallest absolute Gasteiger partial charge is 0.139 e. The van der Waals surface area contributed by atoms with Crippen LogP contribution in [0, 0.1) is 17.3 Å². The first-order valence-corrected chi connectivity index (χ1v) is 5.80. The van der Waals surface area contributed by atoms with E-state index in [1.165, 1.54) is 4.90 Å². The minimum atomic E-state index is -0.903. The molecule has 0 amide bonds. The van der Waals surface area contributed by atoms with Crippen molar-refractivity contribution < 1.29 is 10.0 Å². The number of nitrogens with one attached hydrogen (secondary N) is 1. The van der Waals surface area contributed by atoms with Crippen LogP contribution in [0.15, 0.2) is 0 Å². The molecule has 15 heavy (non-hydrogen) atoms. The van der Waals surface area contributed by atoms with Crippen LogP contribution in [0.5, 0.6) is 0 Å². The Balaban J connectivity index is 4.40. The first kappa shape index (κ1) is 14.5. The van der Waals surface area contributed by atoms with E-state index in [2.05, 4.69) is 25.7 Å². The Labute approximate surface area is 94.7 Å². The summed E-state index contributed by atoms with van der Waals surface area (Å²) < 4.78 is 0. The molecule has 0 aliphatic rings. The predicted molar refractivity (Wildman–Crippen MR) is 64.8 cm³/mol. The zero-order chi connectivity index (χ0) is 12.1. The van der Waals surface area contributed by atoms with Crippen LogP contribution in [0.3, 0.4) is 0 Å². The average molecular weight is 212 g/mol. The highest BCUT2D eigenvalue weighted by Crippen LogP contribution is 2.28. The summed E-state index contributed by atoms with van der Waals surface area (Å²) in [5, 5.41) is 10.1. The molecule has 88 valence electrons. The fourth-order valence-electron chi connectivity index (χ4n) is 1.03. The molecule has 0 rings (SSSR count). The molecule has 0 aliphatic carbocycles. The molecule has 0 saturated carbocycles. The topological polar surface area (TPSA) is 24.7 Å². The van der Waals surface area contributed by atoms with E-state index in [1.54, 1.807) is 6.92 Å². The lowest BCUT2D eigenvalue weighted by Gasteiger charge is -2.32. The molecule has 0 aromatic heterocycles. The molecule has 0 fully saturated rings. The van der Waals surface area contributed by atoms with Crippen molar-refractivity contribution in [1.82, 2.24) is 0 Å². The molecular weight excluding hydrogens is 186 g/mol. The maximum absolute atomic E-state index is 10.1. The molecule has 0 aromatic carbocycles. The number of rotatable bonds is 3. The molecule has 1 atom stereocenters. The Morgan fingerprint density at radius 1 is 1.07 bits per heavy atom. The predicted octanol–water partition coefficient (Wildman–Crippen LogP) is 0.712. The van der Waals surface area contributed by atoms with Gasteiger partial charge in [-0.15, -0.1) is 0 Å². The van der Waals surface area contributed by atoms with Crippen molar-refractivity contribution in [1.29, 1.82) is 0 Å². The maximum atomic E-state index is 10.1. The summed E-state index contributed by atoms with van der Waals surface area (Å²) in [5.74, 6) is 6.08. The first-order chi connectivity index (χ1) is 6.74. The van der Waals surface area contributed by atoms with Gasteiger partial charge in [-0.2, -0.15) is 0 Å². The highest BCUT2D eigenvalue weighted by molar-refractivity contribution is 5.16. The molecule has 0 aromatic rings. The normalized spacial score (nSPS) is 15.7. The summed E-state index contributed by atoms with van der Waals surface area (Å²) in [4.78, 5) is 1.45. The van der Waals surface area contributed by atoms with Crippen LogP contribution in [0.25, 0.3) is 0 Å². The number of hydrogen-bond acceptors (Lipinski definition) is 1. The lowest BCUT2D eigenvalue weighted by Crippen LogP contribution is -3.11. The molecule has 2 heteroatoms. The Morgan fingerprint density at radius 2 is 1.53 bits per heavy atom. The minimum Gasteiger partial charge on any atom is -0.377 e. The lowest BCUT2D eigenvalue weighted by atomic mass is 9.78. The summed E-state index contributed by atoms with van der Waals surface area (Å²) >= 11 is 0. The standard InChI is InChI=1S/C13H25NO/c1-7-14(8-2)11-9-10-13(6,15)12(3,4)5/h15H,7-8,11H2,1-6H3/p+1/t13-/m0/s1. The van der Waals surface area contributed by atoms with Gasteiger partial charge in [0.05, 0.1) is 13.1 Å². The van der Waals surface area contributed by atoms with E-state index in [-0.39, 0.29) is 5.41 Å². The van der Waals surface area contributed by atoms with E-state index in [0.29, 0.717) is 0 Å². The molecule has 0 spiro atoms. The summed E-state index contributed by atoms with van der Waals surface area (Å²) in [6, 6.07) is 0. The van der Waals surface area contributed by atoms with Crippen LogP contribution in [-0.4, -0.2) is 30.3 Å². The summed E-state index contributed by atoms with van der Waals surface area (Å²) in [6.07, 6.45) is 0. The van der Waals surface area contributed by atoms with Gasteiger partial charge >= 0.3 is 0 Å². The second-order valence-electron chi connectivity index (χ2n) is 5.26. The van der Waals surface area contributed by atoms with Crippen molar-refractivity contribution in [3.8, 4) is 11.8 Å². The van der Waals surface area contributed by atoms with Gasteiger partial charge in [-0.25, -0.2) is 0 Å². The van der Waals surface area contributed by atoms with Gasteiger partial charge in [-0.1, -0.05) is 26.7 Å². The second kappa shape index (κ2) is 5.53. The van der Waals surface area contributed by atoms with Crippen LogP contribution in [-0.2, 0) is 0 Å². The van der Waals surface area contributed by atoms with Gasteiger partial charge in [0.1, 0.15) is 12.1 Å². The van der Waals surface area contributed by atoms with Crippen molar-refractivity contribution in [2.24, 2.45) is 5.41 Å². The largest absolute Gasteiger partial charge is 0.377 e. The average Bonchev–Trinajstić information content (AvgIpc) is 2.10. The van der Waals surface area contributed by atoms with Gasteiger partial charge in [-0.05, 0) is 26.7 Å². The zero-order valence-corrected chi connectivity index (χ0v) is 11.1. The first-order valence-electron chi connectivity index (χ1n) is 5.80. The van der Waals surface area contributed by atoms with Crippen molar-refractivity contribution in [3.05, 3.63) is 0 Å². The van der Waals surface area contributed by atoms with E-state index < -0.39 is 5.60 Å². The molecule has 0 heterocycles. The number of hydrogen-bond donors (Lipinski definition) is 2. The van der Waals surface area contributed by atoms with Crippen molar-refractivity contribution in [3.63, 3.8) is 0 Å². The molecule has 0 saturated heterocycles. The van der Waals surface area contributed by atoms with Crippen LogP contribution in [0.4, 0.5) is 0 Å². The van der Waals surface area contributed by atoms with Gasteiger partial charge in [0, 0.05) is 5.41 Å². The van der Waals surface area contributed by atoms with Gasteiger partial charge < -0.3 is 10.0 Å². The van der Waals surface area contributed by atoms with E-state index >= 15 is 0 Å². The molecule has 2 N–H and O–H groups in total. The molecular formula is C13H26NO+. The van der Waals surface area contributed by atoms with Crippen LogP contribution in [0.1, 0.15) is 41.5 Å². The third-order valence-electron chi connectivity index (χ3n) is 3.13. The van der Waals surface area contributed by atoms with E-state index in [1.807, 2.05) is 20.8 Å². The Morgan fingerprint density at radius 3 is 1.87 bits per heavy atom. The molecule has 0 unspecified atom stereocenters. The molecule has 0 radical (unpaired) electrons. The minimum absolute atomic E-state index is 0.196. The summed E-state index contributed by atoms with van der Waals surface area (Å²) in [5.41, 5.74) is -1.10. The highest BCUT2D eigenvalue weighted by Gasteiger charge is 2.33.